The summed E-state index contributed by atoms with van der Waals surface area (Å²) in [6, 6.07) is 15.6. The molecule has 2 aromatic carbocycles. The van der Waals surface area contributed by atoms with Crippen molar-refractivity contribution in [2.24, 2.45) is 0 Å². The van der Waals surface area contributed by atoms with Gasteiger partial charge in [0.15, 0.2) is 6.61 Å². The zero-order valence-electron chi connectivity index (χ0n) is 15.5. The van der Waals surface area contributed by atoms with Crippen molar-refractivity contribution >= 4 is 34.4 Å². The number of anilines is 1. The highest BCUT2D eigenvalue weighted by Gasteiger charge is 2.17. The summed E-state index contributed by atoms with van der Waals surface area (Å²) < 4.78 is 11.4. The molecular formula is C21H17N3O5. The van der Waals surface area contributed by atoms with Gasteiger partial charge in [0.25, 0.3) is 5.91 Å². The van der Waals surface area contributed by atoms with Crippen LogP contribution in [-0.4, -0.2) is 36.1 Å². The smallest absolute Gasteiger partial charge is 0.340 e. The van der Waals surface area contributed by atoms with E-state index in [1.807, 2.05) is 6.07 Å². The second-order valence-electron chi connectivity index (χ2n) is 6.05. The summed E-state index contributed by atoms with van der Waals surface area (Å²) in [4.78, 5) is 36.1. The van der Waals surface area contributed by atoms with E-state index in [0.717, 1.165) is 0 Å². The van der Waals surface area contributed by atoms with E-state index >= 15 is 0 Å². The van der Waals surface area contributed by atoms with E-state index in [1.165, 1.54) is 13.3 Å². The van der Waals surface area contributed by atoms with Crippen LogP contribution in [0.1, 0.15) is 15.9 Å². The van der Waals surface area contributed by atoms with Gasteiger partial charge in [-0.3, -0.25) is 9.59 Å². The van der Waals surface area contributed by atoms with Crippen molar-refractivity contribution in [2.75, 3.05) is 19.0 Å². The Balaban J connectivity index is 1.65. The maximum atomic E-state index is 12.2. The Labute approximate surface area is 166 Å². The largest absolute Gasteiger partial charge is 0.465 e. The van der Waals surface area contributed by atoms with Crippen molar-refractivity contribution in [3.63, 3.8) is 0 Å². The standard InChI is InChI=1S/C21H17N3O5/c1-28-21(27)16-11-24(18-9-5-3-7-15(16)18)12-20(26)29-13-19(25)23-17-8-4-2-6-14(17)10-22/h2-9,11H,12-13H2,1H3,(H,23,25). The number of rotatable bonds is 6. The third-order valence-electron chi connectivity index (χ3n) is 4.18. The third kappa shape index (κ3) is 4.42. The number of fused-ring (bicyclic) bond motifs is 1. The maximum absolute atomic E-state index is 12.2. The Morgan fingerprint density at radius 1 is 1.10 bits per heavy atom. The normalized spacial score (nSPS) is 10.2. The van der Waals surface area contributed by atoms with Crippen molar-refractivity contribution in [2.45, 2.75) is 6.54 Å². The third-order valence-corrected chi connectivity index (χ3v) is 4.18. The highest BCUT2D eigenvalue weighted by molar-refractivity contribution is 6.04. The molecule has 8 nitrogen and oxygen atoms in total. The van der Waals surface area contributed by atoms with Gasteiger partial charge >= 0.3 is 11.9 Å². The molecule has 0 aliphatic rings. The zero-order chi connectivity index (χ0) is 20.8. The lowest BCUT2D eigenvalue weighted by Crippen LogP contribution is -2.23. The predicted molar refractivity (Wildman–Crippen MR) is 104 cm³/mol. The van der Waals surface area contributed by atoms with Crippen LogP contribution in [0.25, 0.3) is 10.9 Å². The van der Waals surface area contributed by atoms with Gasteiger partial charge < -0.3 is 19.4 Å². The molecule has 0 saturated carbocycles. The number of ether oxygens (including phenoxy) is 2. The molecule has 0 aliphatic heterocycles. The van der Waals surface area contributed by atoms with Crippen molar-refractivity contribution in [3.8, 4) is 6.07 Å². The molecule has 146 valence electrons. The molecular weight excluding hydrogens is 374 g/mol. The molecule has 3 rings (SSSR count). The Kier molecular flexibility index (Phi) is 5.90. The molecule has 0 unspecified atom stereocenters. The molecule has 0 atom stereocenters. The Morgan fingerprint density at radius 3 is 2.59 bits per heavy atom. The van der Waals surface area contributed by atoms with Crippen LogP contribution in [0.2, 0.25) is 0 Å². The number of para-hydroxylation sites is 2. The lowest BCUT2D eigenvalue weighted by molar-refractivity contribution is -0.147. The van der Waals surface area contributed by atoms with Crippen LogP contribution in [0.3, 0.4) is 0 Å². The average molecular weight is 391 g/mol. The number of aromatic nitrogens is 1. The number of methoxy groups -OCH3 is 1. The van der Waals surface area contributed by atoms with Gasteiger partial charge in [0.05, 0.1) is 23.9 Å². The van der Waals surface area contributed by atoms with Crippen LogP contribution in [0, 0.1) is 11.3 Å². The number of nitriles is 1. The number of hydrogen-bond acceptors (Lipinski definition) is 6. The number of carbonyl (C=O) groups is 3. The van der Waals surface area contributed by atoms with Crippen molar-refractivity contribution < 1.29 is 23.9 Å². The van der Waals surface area contributed by atoms with E-state index < -0.39 is 24.5 Å². The summed E-state index contributed by atoms with van der Waals surface area (Å²) in [6.45, 7) is -0.679. The van der Waals surface area contributed by atoms with Crippen molar-refractivity contribution in [1.82, 2.24) is 4.57 Å². The highest BCUT2D eigenvalue weighted by Crippen LogP contribution is 2.22. The van der Waals surface area contributed by atoms with Crippen molar-refractivity contribution in [3.05, 3.63) is 65.9 Å². The summed E-state index contributed by atoms with van der Waals surface area (Å²) in [5.41, 5.74) is 1.65. The van der Waals surface area contributed by atoms with Gasteiger partial charge in [-0.05, 0) is 18.2 Å². The first-order valence-corrected chi connectivity index (χ1v) is 8.64. The van der Waals surface area contributed by atoms with Crippen LogP contribution >= 0.6 is 0 Å². The molecule has 1 aromatic heterocycles. The minimum Gasteiger partial charge on any atom is -0.465 e. The number of carbonyl (C=O) groups excluding carboxylic acids is 3. The molecule has 0 fully saturated rings. The molecule has 29 heavy (non-hydrogen) atoms. The Morgan fingerprint density at radius 2 is 1.83 bits per heavy atom. The second-order valence-corrected chi connectivity index (χ2v) is 6.05. The lowest BCUT2D eigenvalue weighted by atomic mass is 10.2. The van der Waals surface area contributed by atoms with Gasteiger partial charge in [-0.15, -0.1) is 0 Å². The lowest BCUT2D eigenvalue weighted by Gasteiger charge is -2.08. The van der Waals surface area contributed by atoms with E-state index in [9.17, 15) is 14.4 Å². The molecule has 1 amide bonds. The zero-order valence-corrected chi connectivity index (χ0v) is 15.5. The highest BCUT2D eigenvalue weighted by atomic mass is 16.5. The second kappa shape index (κ2) is 8.71. The SMILES string of the molecule is COC(=O)c1cn(CC(=O)OCC(=O)Nc2ccccc2C#N)c2ccccc12. The van der Waals surface area contributed by atoms with Crippen LogP contribution in [0.4, 0.5) is 5.69 Å². The fourth-order valence-corrected chi connectivity index (χ4v) is 2.86. The van der Waals surface area contributed by atoms with E-state index in [0.29, 0.717) is 27.7 Å². The molecule has 0 aliphatic carbocycles. The number of hydrogen-bond donors (Lipinski definition) is 1. The van der Waals surface area contributed by atoms with Gasteiger partial charge in [-0.25, -0.2) is 4.79 Å². The number of esters is 2. The topological polar surface area (TPSA) is 110 Å². The van der Waals surface area contributed by atoms with E-state index in [4.69, 9.17) is 14.7 Å². The van der Waals surface area contributed by atoms with E-state index in [1.54, 1.807) is 53.1 Å². The molecule has 3 aromatic rings. The first-order valence-electron chi connectivity index (χ1n) is 8.64. The molecule has 0 radical (unpaired) electrons. The van der Waals surface area contributed by atoms with Crippen LogP contribution in [-0.2, 0) is 25.6 Å². The van der Waals surface area contributed by atoms with E-state index in [-0.39, 0.29) is 6.54 Å². The first-order chi connectivity index (χ1) is 14.0. The fraction of sp³-hybridized carbons (Fsp3) is 0.143. The molecule has 8 heteroatoms. The summed E-state index contributed by atoms with van der Waals surface area (Å²) in [5.74, 6) is -1.72. The Hall–Kier alpha value is -4.12. The Bertz CT molecular complexity index is 1130. The number of amides is 1. The summed E-state index contributed by atoms with van der Waals surface area (Å²) >= 11 is 0. The number of benzene rings is 2. The van der Waals surface area contributed by atoms with Gasteiger partial charge in [0.1, 0.15) is 12.6 Å². The van der Waals surface area contributed by atoms with Gasteiger partial charge in [-0.1, -0.05) is 30.3 Å². The quantitative estimate of drug-likeness (QED) is 0.647. The molecule has 0 bridgehead atoms. The monoisotopic (exact) mass is 391 g/mol. The minimum atomic E-state index is -0.647. The number of nitrogens with zero attached hydrogens (tertiary/aromatic N) is 2. The first kappa shape index (κ1) is 19.6. The van der Waals surface area contributed by atoms with Gasteiger partial charge in [-0.2, -0.15) is 5.26 Å². The summed E-state index contributed by atoms with van der Waals surface area (Å²) in [5, 5.41) is 12.2. The summed E-state index contributed by atoms with van der Waals surface area (Å²) in [6.07, 6.45) is 1.51. The van der Waals surface area contributed by atoms with Gasteiger partial charge in [0.2, 0.25) is 0 Å². The molecule has 1 heterocycles. The average Bonchev–Trinajstić information content (AvgIpc) is 3.10. The fourth-order valence-electron chi connectivity index (χ4n) is 2.86. The van der Waals surface area contributed by atoms with Crippen LogP contribution < -0.4 is 5.32 Å². The van der Waals surface area contributed by atoms with Crippen molar-refractivity contribution in [1.29, 1.82) is 5.26 Å². The minimum absolute atomic E-state index is 0.181. The van der Waals surface area contributed by atoms with E-state index in [2.05, 4.69) is 5.32 Å². The van der Waals surface area contributed by atoms with Crippen LogP contribution in [0.5, 0.6) is 0 Å². The van der Waals surface area contributed by atoms with Gasteiger partial charge in [0, 0.05) is 17.1 Å². The molecule has 0 spiro atoms. The van der Waals surface area contributed by atoms with Crippen LogP contribution in [0.15, 0.2) is 54.7 Å². The maximum Gasteiger partial charge on any atom is 0.340 e. The predicted octanol–water partition coefficient (Wildman–Crippen LogP) is 2.48. The number of nitrogens with one attached hydrogen (secondary N) is 1. The summed E-state index contributed by atoms with van der Waals surface area (Å²) in [7, 11) is 1.28. The molecule has 0 saturated heterocycles. The molecule has 1 N–H and O–H groups in total.